The number of fused-ring (bicyclic) bond motifs is 1. The number of nitrogens with one attached hydrogen (secondary N) is 1. The van der Waals surface area contributed by atoms with E-state index in [2.05, 4.69) is 15.0 Å². The zero-order valence-electron chi connectivity index (χ0n) is 8.68. The van der Waals surface area contributed by atoms with Crippen LogP contribution >= 0.6 is 0 Å². The van der Waals surface area contributed by atoms with E-state index in [0.29, 0.717) is 11.3 Å². The van der Waals surface area contributed by atoms with Crippen LogP contribution < -0.4 is 5.73 Å². The van der Waals surface area contributed by atoms with Gasteiger partial charge in [0.25, 0.3) is 5.91 Å². The van der Waals surface area contributed by atoms with Crippen LogP contribution in [-0.4, -0.2) is 20.9 Å². The molecule has 0 fully saturated rings. The second-order valence-electron chi connectivity index (χ2n) is 3.53. The topological polar surface area (TPSA) is 97.8 Å². The molecule has 0 aliphatic carbocycles. The highest BCUT2D eigenvalue weighted by Crippen LogP contribution is 2.26. The SMILES string of the molecule is NC(=O)c1cc(-c2ncnc3[nH]ccc23)co1. The first-order valence-electron chi connectivity index (χ1n) is 4.92. The summed E-state index contributed by atoms with van der Waals surface area (Å²) >= 11 is 0. The average Bonchev–Trinajstić information content (AvgIpc) is 2.97. The van der Waals surface area contributed by atoms with Crippen molar-refractivity contribution in [3.63, 3.8) is 0 Å². The van der Waals surface area contributed by atoms with Crippen molar-refractivity contribution in [1.82, 2.24) is 15.0 Å². The van der Waals surface area contributed by atoms with E-state index in [4.69, 9.17) is 10.2 Å². The first kappa shape index (κ1) is 9.59. The molecular weight excluding hydrogens is 220 g/mol. The molecule has 3 heterocycles. The van der Waals surface area contributed by atoms with E-state index in [1.807, 2.05) is 6.07 Å². The van der Waals surface area contributed by atoms with Gasteiger partial charge in [-0.3, -0.25) is 4.79 Å². The molecule has 0 saturated carbocycles. The summed E-state index contributed by atoms with van der Waals surface area (Å²) in [5.74, 6) is -0.488. The lowest BCUT2D eigenvalue weighted by molar-refractivity contribution is 0.0974. The van der Waals surface area contributed by atoms with Gasteiger partial charge in [0, 0.05) is 17.1 Å². The third kappa shape index (κ3) is 1.46. The van der Waals surface area contributed by atoms with Gasteiger partial charge in [-0.1, -0.05) is 0 Å². The highest BCUT2D eigenvalue weighted by atomic mass is 16.3. The number of aromatic nitrogens is 3. The van der Waals surface area contributed by atoms with Crippen LogP contribution in [0.15, 0.2) is 35.3 Å². The normalized spacial score (nSPS) is 10.8. The Hall–Kier alpha value is -2.63. The van der Waals surface area contributed by atoms with Crippen LogP contribution in [0.3, 0.4) is 0 Å². The fraction of sp³-hybridized carbons (Fsp3) is 0. The average molecular weight is 228 g/mol. The number of rotatable bonds is 2. The van der Waals surface area contributed by atoms with Gasteiger partial charge >= 0.3 is 0 Å². The third-order valence-electron chi connectivity index (χ3n) is 2.47. The molecule has 0 aliphatic heterocycles. The van der Waals surface area contributed by atoms with Gasteiger partial charge < -0.3 is 15.1 Å². The summed E-state index contributed by atoms with van der Waals surface area (Å²) in [6, 6.07) is 3.43. The Morgan fingerprint density at radius 1 is 1.41 bits per heavy atom. The Bertz CT molecular complexity index is 698. The Balaban J connectivity index is 2.19. The number of primary amides is 1. The van der Waals surface area contributed by atoms with E-state index in [9.17, 15) is 4.79 Å². The molecule has 6 heteroatoms. The lowest BCUT2D eigenvalue weighted by atomic mass is 10.1. The molecular formula is C11H8N4O2. The number of aromatic amines is 1. The van der Waals surface area contributed by atoms with E-state index in [-0.39, 0.29) is 5.76 Å². The molecule has 0 unspecified atom stereocenters. The largest absolute Gasteiger partial charge is 0.458 e. The molecule has 3 aromatic rings. The minimum Gasteiger partial charge on any atom is -0.458 e. The molecule has 0 spiro atoms. The third-order valence-corrected chi connectivity index (χ3v) is 2.47. The van der Waals surface area contributed by atoms with E-state index >= 15 is 0 Å². The van der Waals surface area contributed by atoms with Crippen molar-refractivity contribution in [3.8, 4) is 11.3 Å². The monoisotopic (exact) mass is 228 g/mol. The number of H-pyrrole nitrogens is 1. The highest BCUT2D eigenvalue weighted by molar-refractivity contribution is 5.94. The predicted octanol–water partition coefficient (Wildman–Crippen LogP) is 1.32. The number of hydrogen-bond acceptors (Lipinski definition) is 4. The van der Waals surface area contributed by atoms with Crippen molar-refractivity contribution in [1.29, 1.82) is 0 Å². The number of hydrogen-bond donors (Lipinski definition) is 2. The molecule has 1 amide bonds. The molecule has 3 N–H and O–H groups in total. The van der Waals surface area contributed by atoms with Crippen molar-refractivity contribution in [3.05, 3.63) is 36.7 Å². The predicted molar refractivity (Wildman–Crippen MR) is 60.1 cm³/mol. The van der Waals surface area contributed by atoms with Gasteiger partial charge in [0.15, 0.2) is 5.76 Å². The summed E-state index contributed by atoms with van der Waals surface area (Å²) in [7, 11) is 0. The molecule has 0 saturated heterocycles. The Morgan fingerprint density at radius 3 is 3.06 bits per heavy atom. The molecule has 3 rings (SSSR count). The van der Waals surface area contributed by atoms with Crippen LogP contribution in [0.5, 0.6) is 0 Å². The zero-order valence-corrected chi connectivity index (χ0v) is 8.68. The number of carbonyl (C=O) groups excluding carboxylic acids is 1. The maximum atomic E-state index is 10.9. The number of nitrogens with two attached hydrogens (primary N) is 1. The van der Waals surface area contributed by atoms with E-state index in [1.54, 1.807) is 12.3 Å². The molecule has 3 aromatic heterocycles. The van der Waals surface area contributed by atoms with Gasteiger partial charge in [-0.15, -0.1) is 0 Å². The van der Waals surface area contributed by atoms with Crippen LogP contribution in [0, 0.1) is 0 Å². The molecule has 6 nitrogen and oxygen atoms in total. The Morgan fingerprint density at radius 2 is 2.29 bits per heavy atom. The number of amides is 1. The van der Waals surface area contributed by atoms with Crippen LogP contribution in [0.2, 0.25) is 0 Å². The van der Waals surface area contributed by atoms with Gasteiger partial charge in [0.2, 0.25) is 0 Å². The van der Waals surface area contributed by atoms with Gasteiger partial charge in [-0.2, -0.15) is 0 Å². The van der Waals surface area contributed by atoms with Crippen LogP contribution in [-0.2, 0) is 0 Å². The summed E-state index contributed by atoms with van der Waals surface area (Å²) in [6.45, 7) is 0. The van der Waals surface area contributed by atoms with Gasteiger partial charge in [0.1, 0.15) is 18.2 Å². The Labute approximate surface area is 95.5 Å². The smallest absolute Gasteiger partial charge is 0.284 e. The van der Waals surface area contributed by atoms with Crippen LogP contribution in [0.25, 0.3) is 22.3 Å². The number of carbonyl (C=O) groups is 1. The lowest BCUT2D eigenvalue weighted by Gasteiger charge is -1.96. The van der Waals surface area contributed by atoms with Crippen molar-refractivity contribution < 1.29 is 9.21 Å². The zero-order chi connectivity index (χ0) is 11.8. The van der Waals surface area contributed by atoms with E-state index in [0.717, 1.165) is 11.0 Å². The summed E-state index contributed by atoms with van der Waals surface area (Å²) < 4.78 is 5.06. The number of nitrogens with zero attached hydrogens (tertiary/aromatic N) is 2. The first-order valence-corrected chi connectivity index (χ1v) is 4.92. The minimum atomic E-state index is -0.601. The molecule has 0 aromatic carbocycles. The molecule has 0 radical (unpaired) electrons. The summed E-state index contributed by atoms with van der Waals surface area (Å²) in [5.41, 5.74) is 7.26. The fourth-order valence-electron chi connectivity index (χ4n) is 1.69. The van der Waals surface area contributed by atoms with Gasteiger partial charge in [-0.25, -0.2) is 9.97 Å². The number of furan rings is 1. The van der Waals surface area contributed by atoms with Crippen molar-refractivity contribution in [2.24, 2.45) is 5.73 Å². The van der Waals surface area contributed by atoms with Crippen molar-refractivity contribution >= 4 is 16.9 Å². The molecule has 17 heavy (non-hydrogen) atoms. The quantitative estimate of drug-likeness (QED) is 0.691. The second-order valence-corrected chi connectivity index (χ2v) is 3.53. The fourth-order valence-corrected chi connectivity index (χ4v) is 1.69. The van der Waals surface area contributed by atoms with E-state index in [1.165, 1.54) is 12.6 Å². The van der Waals surface area contributed by atoms with Crippen molar-refractivity contribution in [2.45, 2.75) is 0 Å². The molecule has 84 valence electrons. The van der Waals surface area contributed by atoms with Crippen LogP contribution in [0.1, 0.15) is 10.6 Å². The standard InChI is InChI=1S/C11H8N4O2/c12-10(16)8-3-6(4-17-8)9-7-1-2-13-11(7)15-5-14-9/h1-5H,(H2,12,16)(H,13,14,15). The van der Waals surface area contributed by atoms with Gasteiger partial charge in [-0.05, 0) is 12.1 Å². The van der Waals surface area contributed by atoms with E-state index < -0.39 is 5.91 Å². The molecule has 0 aliphatic rings. The minimum absolute atomic E-state index is 0.113. The summed E-state index contributed by atoms with van der Waals surface area (Å²) in [5, 5.41) is 0.865. The lowest BCUT2D eigenvalue weighted by Crippen LogP contribution is -2.09. The second kappa shape index (κ2) is 3.44. The maximum Gasteiger partial charge on any atom is 0.284 e. The van der Waals surface area contributed by atoms with Gasteiger partial charge in [0.05, 0.1) is 5.69 Å². The van der Waals surface area contributed by atoms with Crippen molar-refractivity contribution in [2.75, 3.05) is 0 Å². The summed E-state index contributed by atoms with van der Waals surface area (Å²) in [4.78, 5) is 22.2. The summed E-state index contributed by atoms with van der Waals surface area (Å²) in [6.07, 6.45) is 4.68. The molecule has 0 bridgehead atoms. The Kier molecular flexibility index (Phi) is 1.94. The van der Waals surface area contributed by atoms with Crippen LogP contribution in [0.4, 0.5) is 0 Å². The first-order chi connectivity index (χ1) is 8.25. The highest BCUT2D eigenvalue weighted by Gasteiger charge is 2.12. The maximum absolute atomic E-state index is 10.9. The molecule has 0 atom stereocenters.